The summed E-state index contributed by atoms with van der Waals surface area (Å²) in [6, 6.07) is 12.3. The Hall–Kier alpha value is -2.40. The van der Waals surface area contributed by atoms with Crippen LogP contribution in [0.5, 0.6) is 0 Å². The second kappa shape index (κ2) is 9.03. The third-order valence-corrected chi connectivity index (χ3v) is 3.69. The zero-order valence-electron chi connectivity index (χ0n) is 13.4. The molecule has 1 heterocycles. The minimum Gasteiger partial charge on any atom is -0.466 e. The van der Waals surface area contributed by atoms with E-state index in [0.29, 0.717) is 23.7 Å². The van der Waals surface area contributed by atoms with E-state index in [0.717, 1.165) is 5.69 Å². The van der Waals surface area contributed by atoms with Crippen LogP contribution in [0.25, 0.3) is 0 Å². The highest BCUT2D eigenvalue weighted by Crippen LogP contribution is 2.18. The highest BCUT2D eigenvalue weighted by Gasteiger charge is 2.20. The van der Waals surface area contributed by atoms with Crippen molar-refractivity contribution in [3.8, 4) is 0 Å². The van der Waals surface area contributed by atoms with E-state index in [1.54, 1.807) is 42.3 Å². The van der Waals surface area contributed by atoms with Crippen molar-refractivity contribution in [2.75, 3.05) is 13.2 Å². The summed E-state index contributed by atoms with van der Waals surface area (Å²) in [6.45, 7) is 2.60. The minimum atomic E-state index is -0.338. The molecule has 0 spiro atoms. The molecule has 0 radical (unpaired) electrons. The maximum absolute atomic E-state index is 12.8. The summed E-state index contributed by atoms with van der Waals surface area (Å²) in [5.41, 5.74) is 1.14. The predicted molar refractivity (Wildman–Crippen MR) is 91.7 cm³/mol. The van der Waals surface area contributed by atoms with E-state index in [1.807, 2.05) is 18.2 Å². The summed E-state index contributed by atoms with van der Waals surface area (Å²) >= 11 is 6.12. The minimum absolute atomic E-state index is 0.122. The first-order valence-corrected chi connectivity index (χ1v) is 8.09. The molecule has 0 bridgehead atoms. The van der Waals surface area contributed by atoms with E-state index < -0.39 is 0 Å². The number of benzene rings is 1. The predicted octanol–water partition coefficient (Wildman–Crippen LogP) is 3.33. The lowest BCUT2D eigenvalue weighted by Crippen LogP contribution is -2.33. The van der Waals surface area contributed by atoms with Crippen molar-refractivity contribution in [1.82, 2.24) is 9.88 Å². The number of ether oxygens (including phenoxy) is 1. The monoisotopic (exact) mass is 346 g/mol. The molecule has 0 fully saturated rings. The number of amides is 1. The number of carbonyl (C=O) groups is 2. The summed E-state index contributed by atoms with van der Waals surface area (Å²) in [7, 11) is 0. The van der Waals surface area contributed by atoms with Gasteiger partial charge in [-0.05, 0) is 31.2 Å². The fraction of sp³-hybridized carbons (Fsp3) is 0.278. The second-order valence-corrected chi connectivity index (χ2v) is 5.49. The van der Waals surface area contributed by atoms with Crippen molar-refractivity contribution < 1.29 is 14.3 Å². The van der Waals surface area contributed by atoms with E-state index in [2.05, 4.69) is 4.98 Å². The van der Waals surface area contributed by atoms with Crippen LogP contribution in [0.4, 0.5) is 0 Å². The quantitative estimate of drug-likeness (QED) is 0.721. The number of hydrogen-bond acceptors (Lipinski definition) is 4. The fourth-order valence-corrected chi connectivity index (χ4v) is 2.42. The first kappa shape index (κ1) is 17.9. The number of nitrogens with zero attached hydrogens (tertiary/aromatic N) is 2. The summed E-state index contributed by atoms with van der Waals surface area (Å²) in [6.07, 6.45) is 1.79. The van der Waals surface area contributed by atoms with Gasteiger partial charge in [-0.2, -0.15) is 0 Å². The Morgan fingerprint density at radius 1 is 1.17 bits per heavy atom. The van der Waals surface area contributed by atoms with Crippen molar-refractivity contribution in [1.29, 1.82) is 0 Å². The molecule has 1 amide bonds. The van der Waals surface area contributed by atoms with Gasteiger partial charge in [0, 0.05) is 12.7 Å². The van der Waals surface area contributed by atoms with Crippen molar-refractivity contribution in [3.63, 3.8) is 0 Å². The van der Waals surface area contributed by atoms with E-state index >= 15 is 0 Å². The molecule has 5 nitrogen and oxygen atoms in total. The van der Waals surface area contributed by atoms with Crippen LogP contribution in [0.1, 0.15) is 29.4 Å². The summed E-state index contributed by atoms with van der Waals surface area (Å²) in [5, 5.41) is 0.379. The van der Waals surface area contributed by atoms with E-state index in [9.17, 15) is 9.59 Å². The highest BCUT2D eigenvalue weighted by atomic mass is 35.5. The van der Waals surface area contributed by atoms with Crippen LogP contribution in [-0.2, 0) is 16.1 Å². The summed E-state index contributed by atoms with van der Waals surface area (Å²) in [5.74, 6) is -0.578. The Balaban J connectivity index is 2.16. The maximum atomic E-state index is 12.8. The van der Waals surface area contributed by atoms with Crippen molar-refractivity contribution in [2.24, 2.45) is 0 Å². The average Bonchev–Trinajstić information content (AvgIpc) is 2.59. The number of aromatic nitrogens is 1. The lowest BCUT2D eigenvalue weighted by Gasteiger charge is -2.22. The van der Waals surface area contributed by atoms with Crippen LogP contribution in [-0.4, -0.2) is 34.9 Å². The van der Waals surface area contributed by atoms with Gasteiger partial charge in [-0.25, -0.2) is 0 Å². The molecule has 2 rings (SSSR count). The topological polar surface area (TPSA) is 59.5 Å². The molecule has 126 valence electrons. The third kappa shape index (κ3) is 5.06. The van der Waals surface area contributed by atoms with Gasteiger partial charge < -0.3 is 9.64 Å². The SMILES string of the molecule is CCOC(=O)CCN(Cc1ccccn1)C(=O)c1ccccc1Cl. The number of rotatable bonds is 7. The maximum Gasteiger partial charge on any atom is 0.307 e. The van der Waals surface area contributed by atoms with E-state index in [-0.39, 0.29) is 24.8 Å². The number of pyridine rings is 1. The fourth-order valence-electron chi connectivity index (χ4n) is 2.20. The molecule has 0 saturated heterocycles. The third-order valence-electron chi connectivity index (χ3n) is 3.36. The van der Waals surface area contributed by atoms with Gasteiger partial charge in [0.2, 0.25) is 0 Å². The first-order chi connectivity index (χ1) is 11.6. The standard InChI is InChI=1S/C18H19ClN2O3/c1-2-24-17(22)10-12-21(13-14-7-5-6-11-20-14)18(23)15-8-3-4-9-16(15)19/h3-9,11H,2,10,12-13H2,1H3. The lowest BCUT2D eigenvalue weighted by molar-refractivity contribution is -0.143. The molecule has 2 aromatic rings. The normalized spacial score (nSPS) is 10.2. The average molecular weight is 347 g/mol. The molecule has 0 aliphatic rings. The zero-order chi connectivity index (χ0) is 17.4. The highest BCUT2D eigenvalue weighted by molar-refractivity contribution is 6.33. The Bertz CT molecular complexity index is 692. The molecule has 0 aliphatic heterocycles. The molecule has 1 aromatic heterocycles. The van der Waals surface area contributed by atoms with E-state index in [4.69, 9.17) is 16.3 Å². The van der Waals surface area contributed by atoms with Crippen LogP contribution < -0.4 is 0 Å². The van der Waals surface area contributed by atoms with Crippen LogP contribution >= 0.6 is 11.6 Å². The Morgan fingerprint density at radius 2 is 1.92 bits per heavy atom. The number of carbonyl (C=O) groups excluding carboxylic acids is 2. The Kier molecular flexibility index (Phi) is 6.75. The van der Waals surface area contributed by atoms with Gasteiger partial charge in [-0.1, -0.05) is 29.8 Å². The molecular weight excluding hydrogens is 328 g/mol. The van der Waals surface area contributed by atoms with Crippen LogP contribution in [0, 0.1) is 0 Å². The van der Waals surface area contributed by atoms with E-state index in [1.165, 1.54) is 0 Å². The summed E-state index contributed by atoms with van der Waals surface area (Å²) < 4.78 is 4.93. The largest absolute Gasteiger partial charge is 0.466 e. The van der Waals surface area contributed by atoms with Gasteiger partial charge in [-0.15, -0.1) is 0 Å². The number of halogens is 1. The molecular formula is C18H19ClN2O3. The first-order valence-electron chi connectivity index (χ1n) is 7.71. The van der Waals surface area contributed by atoms with Crippen molar-refractivity contribution in [3.05, 3.63) is 64.9 Å². The van der Waals surface area contributed by atoms with Gasteiger partial charge >= 0.3 is 5.97 Å². The van der Waals surface area contributed by atoms with Gasteiger partial charge in [-0.3, -0.25) is 14.6 Å². The Morgan fingerprint density at radius 3 is 2.58 bits per heavy atom. The molecule has 0 aliphatic carbocycles. The molecule has 1 aromatic carbocycles. The van der Waals surface area contributed by atoms with Crippen LogP contribution in [0.15, 0.2) is 48.7 Å². The molecule has 0 N–H and O–H groups in total. The van der Waals surface area contributed by atoms with Crippen molar-refractivity contribution in [2.45, 2.75) is 19.9 Å². The van der Waals surface area contributed by atoms with Gasteiger partial charge in [0.15, 0.2) is 0 Å². The van der Waals surface area contributed by atoms with Gasteiger partial charge in [0.25, 0.3) is 5.91 Å². The van der Waals surface area contributed by atoms with Gasteiger partial charge in [0.05, 0.1) is 35.9 Å². The second-order valence-electron chi connectivity index (χ2n) is 5.08. The number of hydrogen-bond donors (Lipinski definition) is 0. The molecule has 0 atom stereocenters. The lowest BCUT2D eigenvalue weighted by atomic mass is 10.2. The summed E-state index contributed by atoms with van der Waals surface area (Å²) in [4.78, 5) is 30.2. The molecule has 0 saturated carbocycles. The van der Waals surface area contributed by atoms with Crippen LogP contribution in [0.3, 0.4) is 0 Å². The zero-order valence-corrected chi connectivity index (χ0v) is 14.2. The Labute approximate surface area is 146 Å². The number of esters is 1. The van der Waals surface area contributed by atoms with Crippen molar-refractivity contribution >= 4 is 23.5 Å². The smallest absolute Gasteiger partial charge is 0.307 e. The van der Waals surface area contributed by atoms with Crippen LogP contribution in [0.2, 0.25) is 5.02 Å². The molecule has 0 unspecified atom stereocenters. The molecule has 24 heavy (non-hydrogen) atoms. The van der Waals surface area contributed by atoms with Gasteiger partial charge in [0.1, 0.15) is 0 Å². The molecule has 6 heteroatoms.